The third-order valence-electron chi connectivity index (χ3n) is 7.26. The van der Waals surface area contributed by atoms with Crippen LogP contribution < -0.4 is 5.32 Å². The Kier molecular flexibility index (Phi) is 14.4. The minimum absolute atomic E-state index is 0.00481. The van der Waals surface area contributed by atoms with Crippen molar-refractivity contribution in [2.75, 3.05) is 52.1 Å². The van der Waals surface area contributed by atoms with Gasteiger partial charge in [-0.2, -0.15) is 0 Å². The van der Waals surface area contributed by atoms with Crippen molar-refractivity contribution in [1.82, 2.24) is 25.1 Å². The van der Waals surface area contributed by atoms with E-state index in [4.69, 9.17) is 19.6 Å². The number of benzene rings is 1. The maximum absolute atomic E-state index is 13.9. The number of aliphatic hydroxyl groups is 1. The van der Waals surface area contributed by atoms with Crippen molar-refractivity contribution in [3.8, 4) is 11.4 Å². The Morgan fingerprint density at radius 2 is 1.65 bits per heavy atom. The first-order valence-corrected chi connectivity index (χ1v) is 17.3. The zero-order valence-corrected chi connectivity index (χ0v) is 27.6. The highest BCUT2D eigenvalue weighted by molar-refractivity contribution is 7.54. The lowest BCUT2D eigenvalue weighted by molar-refractivity contribution is -0.137. The van der Waals surface area contributed by atoms with Gasteiger partial charge in [-0.15, -0.1) is 0 Å². The summed E-state index contributed by atoms with van der Waals surface area (Å²) in [6.07, 6.45) is 0.217. The van der Waals surface area contributed by atoms with Crippen LogP contribution in [0.3, 0.4) is 0 Å². The SMILES string of the molecule is CCOP(=O)(C[C@H](NC(=O)c1cc(C(=N)CC(C)O)nc(-c2ccccc2)n1)C(=O)N1CCN(CCCCC(=O)O)CC1)OCC. The highest BCUT2D eigenvalue weighted by Gasteiger charge is 2.37. The Bertz CT molecular complexity index is 1370. The second-order valence-electron chi connectivity index (χ2n) is 11.0. The molecule has 46 heavy (non-hydrogen) atoms. The number of aliphatic hydroxyl groups excluding tert-OH is 1. The lowest BCUT2D eigenvalue weighted by Crippen LogP contribution is -2.56. The number of aliphatic carboxylic acids is 1. The molecule has 0 bridgehead atoms. The van der Waals surface area contributed by atoms with Crippen molar-refractivity contribution < 1.29 is 38.2 Å². The summed E-state index contributed by atoms with van der Waals surface area (Å²) in [6, 6.07) is 8.98. The minimum Gasteiger partial charge on any atom is -0.481 e. The van der Waals surface area contributed by atoms with Gasteiger partial charge in [0.25, 0.3) is 5.91 Å². The third kappa shape index (κ3) is 11.4. The van der Waals surface area contributed by atoms with Gasteiger partial charge in [-0.05, 0) is 46.2 Å². The monoisotopic (exact) mass is 660 g/mol. The Hall–Kier alpha value is -3.55. The van der Waals surface area contributed by atoms with Crippen LogP contribution >= 0.6 is 7.60 Å². The molecule has 4 N–H and O–H groups in total. The smallest absolute Gasteiger partial charge is 0.333 e. The van der Waals surface area contributed by atoms with E-state index in [1.807, 2.05) is 6.07 Å². The number of nitrogens with zero attached hydrogens (tertiary/aromatic N) is 4. The second-order valence-corrected chi connectivity index (χ2v) is 13.1. The number of carboxylic acids is 1. The van der Waals surface area contributed by atoms with Gasteiger partial charge in [-0.25, -0.2) is 9.97 Å². The van der Waals surface area contributed by atoms with E-state index in [1.54, 1.807) is 49.9 Å². The summed E-state index contributed by atoms with van der Waals surface area (Å²) in [5, 5.41) is 29.9. The number of amides is 2. The zero-order valence-electron chi connectivity index (χ0n) is 26.7. The van der Waals surface area contributed by atoms with Crippen LogP contribution in [-0.2, 0) is 23.2 Å². The number of nitrogens with one attached hydrogen (secondary N) is 2. The third-order valence-corrected chi connectivity index (χ3v) is 9.38. The van der Waals surface area contributed by atoms with Crippen LogP contribution in [0.5, 0.6) is 0 Å². The van der Waals surface area contributed by atoms with Gasteiger partial charge in [0.15, 0.2) is 5.82 Å². The molecule has 252 valence electrons. The fraction of sp³-hybridized carbons (Fsp3) is 0.548. The maximum atomic E-state index is 13.9. The summed E-state index contributed by atoms with van der Waals surface area (Å²) in [5.41, 5.74) is 0.658. The topological polar surface area (TPSA) is 195 Å². The van der Waals surface area contributed by atoms with Gasteiger partial charge in [-0.1, -0.05) is 30.3 Å². The lowest BCUT2D eigenvalue weighted by Gasteiger charge is -2.37. The fourth-order valence-electron chi connectivity index (χ4n) is 5.04. The molecule has 0 saturated carbocycles. The largest absolute Gasteiger partial charge is 0.481 e. The molecule has 1 aliphatic heterocycles. The molecule has 2 heterocycles. The molecular weight excluding hydrogens is 615 g/mol. The summed E-state index contributed by atoms with van der Waals surface area (Å²) in [6.45, 7) is 7.59. The van der Waals surface area contributed by atoms with E-state index in [2.05, 4.69) is 20.2 Å². The Morgan fingerprint density at radius 3 is 2.24 bits per heavy atom. The van der Waals surface area contributed by atoms with Crippen molar-refractivity contribution in [1.29, 1.82) is 5.41 Å². The quantitative estimate of drug-likeness (QED) is 0.104. The molecule has 2 atom stereocenters. The minimum atomic E-state index is -3.78. The van der Waals surface area contributed by atoms with Gasteiger partial charge in [0, 0.05) is 44.6 Å². The van der Waals surface area contributed by atoms with Crippen LogP contribution in [0.4, 0.5) is 0 Å². The van der Waals surface area contributed by atoms with E-state index in [0.29, 0.717) is 44.7 Å². The van der Waals surface area contributed by atoms with Gasteiger partial charge in [-0.3, -0.25) is 23.8 Å². The summed E-state index contributed by atoms with van der Waals surface area (Å²) >= 11 is 0. The number of carboxylic acid groups (broad SMARTS) is 1. The number of hydrogen-bond donors (Lipinski definition) is 4. The average Bonchev–Trinajstić information content (AvgIpc) is 3.02. The highest BCUT2D eigenvalue weighted by atomic mass is 31.2. The molecule has 0 aliphatic carbocycles. The Labute approximate surface area is 269 Å². The standard InChI is InChI=1S/C31H45N6O8P/c1-4-44-46(43,45-5-2)21-27(31(42)37-17-15-36(16-18-37)14-10-9-13-28(39)40)35-30(41)26-20-25(24(32)19-22(3)38)33-29(34-26)23-11-7-6-8-12-23/h6-8,11-12,20,22,27,32,38H,4-5,9-10,13-19,21H2,1-3H3,(H,35,41)(H,39,40)/t22?,27-/m0/s1. The highest BCUT2D eigenvalue weighted by Crippen LogP contribution is 2.48. The number of hydrogen-bond acceptors (Lipinski definition) is 11. The molecule has 1 aromatic carbocycles. The molecule has 1 aromatic heterocycles. The van der Waals surface area contributed by atoms with E-state index in [9.17, 15) is 24.1 Å². The first-order valence-electron chi connectivity index (χ1n) is 15.6. The number of aromatic nitrogens is 2. The summed E-state index contributed by atoms with van der Waals surface area (Å²) in [4.78, 5) is 51.1. The van der Waals surface area contributed by atoms with Crippen molar-refractivity contribution >= 4 is 31.1 Å². The van der Waals surface area contributed by atoms with E-state index in [0.717, 1.165) is 6.42 Å². The molecule has 1 fully saturated rings. The molecule has 15 heteroatoms. The maximum Gasteiger partial charge on any atom is 0.333 e. The number of rotatable bonds is 18. The van der Waals surface area contributed by atoms with Crippen LogP contribution in [0.2, 0.25) is 0 Å². The van der Waals surface area contributed by atoms with Crippen LogP contribution in [0, 0.1) is 5.41 Å². The summed E-state index contributed by atoms with van der Waals surface area (Å²) in [5.74, 6) is -1.82. The van der Waals surface area contributed by atoms with E-state index in [-0.39, 0.29) is 49.0 Å². The van der Waals surface area contributed by atoms with Crippen molar-refractivity contribution in [3.63, 3.8) is 0 Å². The van der Waals surface area contributed by atoms with Gasteiger partial charge < -0.3 is 34.9 Å². The molecule has 0 radical (unpaired) electrons. The molecule has 0 spiro atoms. The molecule has 2 amide bonds. The summed E-state index contributed by atoms with van der Waals surface area (Å²) < 4.78 is 24.5. The average molecular weight is 661 g/mol. The molecule has 1 saturated heterocycles. The van der Waals surface area contributed by atoms with Crippen molar-refractivity contribution in [2.24, 2.45) is 0 Å². The predicted molar refractivity (Wildman–Crippen MR) is 172 cm³/mol. The number of piperazine rings is 1. The summed E-state index contributed by atoms with van der Waals surface area (Å²) in [7, 11) is -3.78. The number of carbonyl (C=O) groups excluding carboxylic acids is 2. The van der Waals surface area contributed by atoms with Gasteiger partial charge in [0.1, 0.15) is 11.7 Å². The molecule has 2 aromatic rings. The van der Waals surface area contributed by atoms with Crippen LogP contribution in [0.25, 0.3) is 11.4 Å². The van der Waals surface area contributed by atoms with Crippen LogP contribution in [0.15, 0.2) is 36.4 Å². The fourth-order valence-corrected chi connectivity index (χ4v) is 6.80. The van der Waals surface area contributed by atoms with Crippen LogP contribution in [-0.4, -0.2) is 118 Å². The van der Waals surface area contributed by atoms with Gasteiger partial charge >= 0.3 is 13.6 Å². The second kappa shape index (κ2) is 18.0. The van der Waals surface area contributed by atoms with Crippen LogP contribution in [0.1, 0.15) is 62.6 Å². The van der Waals surface area contributed by atoms with Gasteiger partial charge in [0.05, 0.1) is 36.9 Å². The molecule has 14 nitrogen and oxygen atoms in total. The zero-order chi connectivity index (χ0) is 33.7. The Morgan fingerprint density at radius 1 is 1.02 bits per heavy atom. The van der Waals surface area contributed by atoms with E-state index < -0.39 is 43.7 Å². The van der Waals surface area contributed by atoms with E-state index in [1.165, 1.54) is 6.07 Å². The molecule has 1 aliphatic rings. The van der Waals surface area contributed by atoms with E-state index >= 15 is 0 Å². The molecule has 1 unspecified atom stereocenters. The number of unbranched alkanes of at least 4 members (excludes halogenated alkanes) is 1. The molecule has 3 rings (SSSR count). The van der Waals surface area contributed by atoms with Gasteiger partial charge in [0.2, 0.25) is 5.91 Å². The Balaban J connectivity index is 1.86. The lowest BCUT2D eigenvalue weighted by atomic mass is 10.1. The van der Waals surface area contributed by atoms with Crippen molar-refractivity contribution in [2.45, 2.75) is 58.6 Å². The first-order chi connectivity index (χ1) is 21.9. The van der Waals surface area contributed by atoms with Crippen molar-refractivity contribution in [3.05, 3.63) is 47.8 Å². The normalized spacial score (nSPS) is 15.3. The number of carbonyl (C=O) groups is 3. The molecular formula is C31H45N6O8P. The first kappa shape index (κ1) is 36.9. The predicted octanol–water partition coefficient (Wildman–Crippen LogP) is 3.05.